The Kier molecular flexibility index (Phi) is 4.50. The molecule has 3 aromatic rings. The van der Waals surface area contributed by atoms with Gasteiger partial charge in [0.1, 0.15) is 11.9 Å². The van der Waals surface area contributed by atoms with Crippen LogP contribution in [0.2, 0.25) is 0 Å². The number of aromatic nitrogens is 2. The quantitative estimate of drug-likeness (QED) is 0.663. The molecule has 1 amide bonds. The lowest BCUT2D eigenvalue weighted by molar-refractivity contribution is -0.193. The van der Waals surface area contributed by atoms with Crippen LogP contribution in [0, 0.1) is 11.3 Å². The first-order chi connectivity index (χ1) is 14.3. The van der Waals surface area contributed by atoms with E-state index in [4.69, 9.17) is 4.74 Å². The van der Waals surface area contributed by atoms with Crippen LogP contribution in [0.4, 0.5) is 14.5 Å². The fraction of sp³-hybridized carbons (Fsp3) is 0.238. The van der Waals surface area contributed by atoms with Crippen molar-refractivity contribution in [1.29, 1.82) is 5.26 Å². The van der Waals surface area contributed by atoms with E-state index in [1.54, 1.807) is 25.1 Å². The molecule has 0 fully saturated rings. The number of aryl methyl sites for hydroxylation is 1. The van der Waals surface area contributed by atoms with Gasteiger partial charge >= 0.3 is 12.0 Å². The number of fused-ring (bicyclic) bond motifs is 2. The molecule has 0 spiro atoms. The summed E-state index contributed by atoms with van der Waals surface area (Å²) in [5.74, 6) is -1.56. The number of benzene rings is 2. The first kappa shape index (κ1) is 19.5. The largest absolute Gasteiger partial charge is 0.483 e. The molecule has 0 N–H and O–H groups in total. The van der Waals surface area contributed by atoms with Crippen LogP contribution in [0.15, 0.2) is 41.2 Å². The minimum Gasteiger partial charge on any atom is -0.423 e. The molecule has 9 heteroatoms. The Labute approximate surface area is 169 Å². The molecular weight excluding hydrogens is 394 g/mol. The van der Waals surface area contributed by atoms with Gasteiger partial charge in [-0.25, -0.2) is 4.98 Å². The Balaban J connectivity index is 1.90. The number of anilines is 1. The number of rotatable bonds is 3. The Morgan fingerprint density at radius 3 is 2.63 bits per heavy atom. The number of halogens is 2. The lowest BCUT2D eigenvalue weighted by atomic mass is 10.1. The Bertz CT molecular complexity index is 1290. The number of amides is 1. The van der Waals surface area contributed by atoms with Crippen LogP contribution in [0.1, 0.15) is 23.9 Å². The summed E-state index contributed by atoms with van der Waals surface area (Å²) in [6.07, 6.45) is -3.62. The van der Waals surface area contributed by atoms with Gasteiger partial charge in [0, 0.05) is 7.05 Å². The van der Waals surface area contributed by atoms with Gasteiger partial charge in [0.25, 0.3) is 5.56 Å². The summed E-state index contributed by atoms with van der Waals surface area (Å²) in [6, 6.07) is 11.4. The lowest BCUT2D eigenvalue weighted by Crippen LogP contribution is -2.51. The van der Waals surface area contributed by atoms with E-state index in [1.807, 2.05) is 6.07 Å². The molecule has 0 atom stereocenters. The number of carbonyl (C=O) groups is 1. The monoisotopic (exact) mass is 410 g/mol. The zero-order chi connectivity index (χ0) is 21.6. The van der Waals surface area contributed by atoms with Crippen LogP contribution in [0.5, 0.6) is 5.75 Å². The van der Waals surface area contributed by atoms with Crippen LogP contribution >= 0.6 is 0 Å². The van der Waals surface area contributed by atoms with Crippen molar-refractivity contribution in [3.63, 3.8) is 0 Å². The zero-order valence-electron chi connectivity index (χ0n) is 16.1. The van der Waals surface area contributed by atoms with Crippen molar-refractivity contribution < 1.29 is 18.3 Å². The smallest absolute Gasteiger partial charge is 0.423 e. The molecule has 0 saturated carbocycles. The van der Waals surface area contributed by atoms with Crippen molar-refractivity contribution in [1.82, 2.24) is 9.55 Å². The van der Waals surface area contributed by atoms with Gasteiger partial charge in [-0.05, 0) is 30.2 Å². The van der Waals surface area contributed by atoms with Gasteiger partial charge in [0.15, 0.2) is 5.75 Å². The maximum Gasteiger partial charge on any atom is 0.483 e. The molecule has 0 aliphatic carbocycles. The normalized spacial score (nSPS) is 14.9. The van der Waals surface area contributed by atoms with E-state index >= 15 is 0 Å². The van der Waals surface area contributed by atoms with E-state index in [2.05, 4.69) is 4.98 Å². The molecule has 7 nitrogen and oxygen atoms in total. The summed E-state index contributed by atoms with van der Waals surface area (Å²) < 4.78 is 34.6. The average molecular weight is 410 g/mol. The van der Waals surface area contributed by atoms with Gasteiger partial charge in [0.05, 0.1) is 28.7 Å². The van der Waals surface area contributed by atoms with Crippen LogP contribution in [0.25, 0.3) is 10.9 Å². The van der Waals surface area contributed by atoms with Gasteiger partial charge in [-0.2, -0.15) is 14.0 Å². The molecule has 0 bridgehead atoms. The van der Waals surface area contributed by atoms with Gasteiger partial charge in [0.2, 0.25) is 0 Å². The van der Waals surface area contributed by atoms with E-state index < -0.39 is 17.6 Å². The summed E-state index contributed by atoms with van der Waals surface area (Å²) in [6.45, 7) is 1.40. The maximum atomic E-state index is 14.4. The van der Waals surface area contributed by atoms with E-state index in [1.165, 1.54) is 29.8 Å². The second-order valence-corrected chi connectivity index (χ2v) is 6.83. The predicted octanol–water partition coefficient (Wildman–Crippen LogP) is 2.89. The third-order valence-electron chi connectivity index (χ3n) is 5.09. The number of ether oxygens (including phenoxy) is 1. The van der Waals surface area contributed by atoms with Gasteiger partial charge in [-0.3, -0.25) is 19.1 Å². The maximum absolute atomic E-state index is 14.4. The number of carbonyl (C=O) groups excluding carboxylic acids is 1. The van der Waals surface area contributed by atoms with Crippen molar-refractivity contribution in [2.24, 2.45) is 7.05 Å². The molecule has 2 heterocycles. The van der Waals surface area contributed by atoms with Gasteiger partial charge in [-0.1, -0.05) is 25.1 Å². The van der Waals surface area contributed by atoms with Crippen molar-refractivity contribution in [2.45, 2.75) is 26.0 Å². The highest BCUT2D eigenvalue weighted by Crippen LogP contribution is 2.42. The fourth-order valence-corrected chi connectivity index (χ4v) is 3.49. The standard InChI is InChI=1S/C21H16F2N4O3/c1-3-12-6-5-9-15-18(12)30-21(22,23)20(29)27(15)11-16-25-17-13(10-24)7-4-8-14(17)19(28)26(16)2/h4-9H,3,11H2,1-2H3. The fourth-order valence-electron chi connectivity index (χ4n) is 3.49. The second-order valence-electron chi connectivity index (χ2n) is 6.83. The molecule has 1 aliphatic rings. The Morgan fingerprint density at radius 1 is 1.20 bits per heavy atom. The van der Waals surface area contributed by atoms with Crippen molar-refractivity contribution >= 4 is 22.5 Å². The van der Waals surface area contributed by atoms with Crippen molar-refractivity contribution in [2.75, 3.05) is 4.90 Å². The van der Waals surface area contributed by atoms with Gasteiger partial charge in [-0.15, -0.1) is 0 Å². The summed E-state index contributed by atoms with van der Waals surface area (Å²) in [5.41, 5.74) is 0.596. The number of nitriles is 1. The van der Waals surface area contributed by atoms with Gasteiger partial charge < -0.3 is 4.74 Å². The van der Waals surface area contributed by atoms with E-state index in [0.717, 1.165) is 4.90 Å². The molecule has 1 aromatic heterocycles. The molecule has 152 valence electrons. The minimum atomic E-state index is -4.05. The Hall–Kier alpha value is -3.80. The summed E-state index contributed by atoms with van der Waals surface area (Å²) in [4.78, 5) is 30.5. The third-order valence-corrected chi connectivity index (χ3v) is 5.09. The molecular formula is C21H16F2N4O3. The number of hydrogen-bond acceptors (Lipinski definition) is 5. The number of para-hydroxylation sites is 2. The molecule has 0 radical (unpaired) electrons. The molecule has 1 aliphatic heterocycles. The molecule has 2 aromatic carbocycles. The zero-order valence-corrected chi connectivity index (χ0v) is 16.1. The van der Waals surface area contributed by atoms with Crippen molar-refractivity contribution in [3.05, 3.63) is 63.7 Å². The van der Waals surface area contributed by atoms with Crippen LogP contribution in [0.3, 0.4) is 0 Å². The average Bonchev–Trinajstić information content (AvgIpc) is 2.73. The highest BCUT2D eigenvalue weighted by Gasteiger charge is 2.51. The van der Waals surface area contributed by atoms with Crippen LogP contribution in [-0.2, 0) is 24.8 Å². The summed E-state index contributed by atoms with van der Waals surface area (Å²) in [7, 11) is 1.44. The number of hydrogen-bond donors (Lipinski definition) is 0. The Morgan fingerprint density at radius 2 is 1.93 bits per heavy atom. The molecule has 4 rings (SSSR count). The molecule has 0 unspecified atom stereocenters. The van der Waals surface area contributed by atoms with Crippen LogP contribution < -0.4 is 15.2 Å². The SMILES string of the molecule is CCc1cccc2c1OC(F)(F)C(=O)N2Cc1nc2c(C#N)cccc2c(=O)n1C. The highest BCUT2D eigenvalue weighted by atomic mass is 19.3. The molecule has 30 heavy (non-hydrogen) atoms. The topological polar surface area (TPSA) is 88.2 Å². The first-order valence-electron chi connectivity index (χ1n) is 9.18. The lowest BCUT2D eigenvalue weighted by Gasteiger charge is -2.34. The number of nitrogens with zero attached hydrogens (tertiary/aromatic N) is 4. The predicted molar refractivity (Wildman–Crippen MR) is 104 cm³/mol. The minimum absolute atomic E-state index is 0.0640. The van der Waals surface area contributed by atoms with E-state index in [0.29, 0.717) is 12.0 Å². The van der Waals surface area contributed by atoms with E-state index in [9.17, 15) is 23.6 Å². The molecule has 0 saturated heterocycles. The van der Waals surface area contributed by atoms with Crippen LogP contribution in [-0.4, -0.2) is 21.6 Å². The summed E-state index contributed by atoms with van der Waals surface area (Å²) in [5, 5.41) is 9.56. The second kappa shape index (κ2) is 6.91. The third kappa shape index (κ3) is 2.88. The van der Waals surface area contributed by atoms with E-state index in [-0.39, 0.29) is 40.3 Å². The summed E-state index contributed by atoms with van der Waals surface area (Å²) >= 11 is 0. The van der Waals surface area contributed by atoms with Crippen molar-refractivity contribution in [3.8, 4) is 11.8 Å². The highest BCUT2D eigenvalue weighted by molar-refractivity contribution is 6.01. The number of alkyl halides is 2. The first-order valence-corrected chi connectivity index (χ1v) is 9.18.